The van der Waals surface area contributed by atoms with Crippen LogP contribution in [0.2, 0.25) is 0 Å². The van der Waals surface area contributed by atoms with Gasteiger partial charge in [-0.3, -0.25) is 4.79 Å². The van der Waals surface area contributed by atoms with E-state index in [0.29, 0.717) is 31.8 Å². The highest BCUT2D eigenvalue weighted by atomic mass is 16.4. The fourth-order valence-electron chi connectivity index (χ4n) is 3.22. The van der Waals surface area contributed by atoms with Crippen molar-refractivity contribution in [1.29, 1.82) is 0 Å². The Morgan fingerprint density at radius 3 is 2.58 bits per heavy atom. The largest absolute Gasteiger partial charge is 0.481 e. The highest BCUT2D eigenvalue weighted by molar-refractivity contribution is 5.79. The predicted molar refractivity (Wildman–Crippen MR) is 71.9 cm³/mol. The number of nitrogens with zero attached hydrogens (tertiary/aromatic N) is 2. The van der Waals surface area contributed by atoms with Crippen LogP contribution in [0.1, 0.15) is 39.5 Å². The van der Waals surface area contributed by atoms with E-state index in [0.717, 1.165) is 25.9 Å². The predicted octanol–water partition coefficient (Wildman–Crippen LogP) is 2.03. The van der Waals surface area contributed by atoms with Gasteiger partial charge in [0.15, 0.2) is 0 Å². The van der Waals surface area contributed by atoms with Gasteiger partial charge in [0.1, 0.15) is 0 Å². The lowest BCUT2D eigenvalue weighted by Gasteiger charge is -2.40. The van der Waals surface area contributed by atoms with Crippen molar-refractivity contribution in [1.82, 2.24) is 9.80 Å². The van der Waals surface area contributed by atoms with Gasteiger partial charge in [-0.2, -0.15) is 0 Å². The molecule has 0 spiro atoms. The number of carboxylic acid groups (broad SMARTS) is 1. The van der Waals surface area contributed by atoms with Crippen LogP contribution in [0.3, 0.4) is 0 Å². The first kappa shape index (κ1) is 14.2. The van der Waals surface area contributed by atoms with Crippen LogP contribution in [0.4, 0.5) is 4.79 Å². The summed E-state index contributed by atoms with van der Waals surface area (Å²) in [6.45, 7) is 6.72. The molecule has 19 heavy (non-hydrogen) atoms. The van der Waals surface area contributed by atoms with Gasteiger partial charge < -0.3 is 14.9 Å². The molecule has 108 valence electrons. The van der Waals surface area contributed by atoms with Gasteiger partial charge in [0.25, 0.3) is 0 Å². The van der Waals surface area contributed by atoms with Gasteiger partial charge in [-0.05, 0) is 31.6 Å². The van der Waals surface area contributed by atoms with Crippen molar-refractivity contribution in [2.45, 2.75) is 39.5 Å². The Bertz CT molecular complexity index is 372. The first-order valence-electron chi connectivity index (χ1n) is 7.26. The smallest absolute Gasteiger partial charge is 0.320 e. The van der Waals surface area contributed by atoms with Crippen molar-refractivity contribution < 1.29 is 14.7 Å². The van der Waals surface area contributed by atoms with Crippen LogP contribution < -0.4 is 0 Å². The van der Waals surface area contributed by atoms with Gasteiger partial charge in [0.05, 0.1) is 5.41 Å². The molecule has 2 amide bonds. The van der Waals surface area contributed by atoms with E-state index < -0.39 is 11.4 Å². The van der Waals surface area contributed by atoms with Crippen molar-refractivity contribution in [3.8, 4) is 0 Å². The molecule has 0 aromatic heterocycles. The van der Waals surface area contributed by atoms with E-state index in [1.165, 1.54) is 0 Å². The van der Waals surface area contributed by atoms with E-state index in [1.807, 2.05) is 11.8 Å². The van der Waals surface area contributed by atoms with Crippen molar-refractivity contribution in [3.63, 3.8) is 0 Å². The van der Waals surface area contributed by atoms with Gasteiger partial charge in [0, 0.05) is 26.2 Å². The molecule has 2 saturated heterocycles. The number of carboxylic acids is 1. The molecule has 0 aromatic carbocycles. The summed E-state index contributed by atoms with van der Waals surface area (Å²) in [6.07, 6.45) is 3.11. The van der Waals surface area contributed by atoms with E-state index in [-0.39, 0.29) is 6.03 Å². The maximum Gasteiger partial charge on any atom is 0.320 e. The van der Waals surface area contributed by atoms with E-state index in [9.17, 15) is 14.7 Å². The number of rotatable bonds is 2. The maximum atomic E-state index is 12.4. The zero-order chi connectivity index (χ0) is 14.0. The Labute approximate surface area is 114 Å². The number of carbonyl (C=O) groups excluding carboxylic acids is 1. The number of aliphatic carboxylic acids is 1. The fourth-order valence-corrected chi connectivity index (χ4v) is 3.22. The molecule has 5 nitrogen and oxygen atoms in total. The average Bonchev–Trinajstić information content (AvgIpc) is 2.84. The molecule has 2 rings (SSSR count). The number of piperidine rings is 1. The van der Waals surface area contributed by atoms with E-state index in [1.54, 1.807) is 4.90 Å². The zero-order valence-electron chi connectivity index (χ0n) is 11.9. The standard InChI is InChI=1S/C14H24N2O3/c1-3-14(12(17)18)6-4-7-16(10-14)13(19)15-8-5-11(2)9-15/h11H,3-10H2,1-2H3,(H,17,18). The van der Waals surface area contributed by atoms with Crippen LogP contribution in [-0.2, 0) is 4.79 Å². The van der Waals surface area contributed by atoms with Crippen molar-refractivity contribution in [2.24, 2.45) is 11.3 Å². The molecule has 2 atom stereocenters. The maximum absolute atomic E-state index is 12.4. The van der Waals surface area contributed by atoms with E-state index in [2.05, 4.69) is 6.92 Å². The molecule has 5 heteroatoms. The molecule has 0 aliphatic carbocycles. The third kappa shape index (κ3) is 2.69. The van der Waals surface area contributed by atoms with Gasteiger partial charge in [-0.15, -0.1) is 0 Å². The molecule has 2 unspecified atom stereocenters. The third-order valence-corrected chi connectivity index (χ3v) is 4.67. The van der Waals surface area contributed by atoms with Crippen LogP contribution in [0, 0.1) is 11.3 Å². The number of urea groups is 1. The Kier molecular flexibility index (Phi) is 4.02. The minimum Gasteiger partial charge on any atom is -0.481 e. The average molecular weight is 268 g/mol. The summed E-state index contributed by atoms with van der Waals surface area (Å²) in [7, 11) is 0. The summed E-state index contributed by atoms with van der Waals surface area (Å²) < 4.78 is 0. The lowest BCUT2D eigenvalue weighted by Crippen LogP contribution is -2.53. The molecule has 1 N–H and O–H groups in total. The van der Waals surface area contributed by atoms with Gasteiger partial charge >= 0.3 is 12.0 Å². The molecule has 2 aliphatic rings. The molecule has 0 bridgehead atoms. The van der Waals surface area contributed by atoms with E-state index in [4.69, 9.17) is 0 Å². The van der Waals surface area contributed by atoms with Crippen molar-refractivity contribution in [3.05, 3.63) is 0 Å². The highest BCUT2D eigenvalue weighted by Gasteiger charge is 2.43. The highest BCUT2D eigenvalue weighted by Crippen LogP contribution is 2.34. The van der Waals surface area contributed by atoms with Gasteiger partial charge in [0.2, 0.25) is 0 Å². The second-order valence-corrected chi connectivity index (χ2v) is 6.09. The van der Waals surface area contributed by atoms with Crippen LogP contribution in [0.25, 0.3) is 0 Å². The molecule has 2 aliphatic heterocycles. The minimum atomic E-state index is -0.762. The molecule has 0 aromatic rings. The Balaban J connectivity index is 2.04. The number of likely N-dealkylation sites (tertiary alicyclic amines) is 2. The topological polar surface area (TPSA) is 60.9 Å². The summed E-state index contributed by atoms with van der Waals surface area (Å²) in [4.78, 5) is 27.6. The monoisotopic (exact) mass is 268 g/mol. The number of hydrogen-bond donors (Lipinski definition) is 1. The molecular formula is C14H24N2O3. The van der Waals surface area contributed by atoms with Gasteiger partial charge in [-0.1, -0.05) is 13.8 Å². The number of carbonyl (C=O) groups is 2. The lowest BCUT2D eigenvalue weighted by atomic mass is 9.78. The summed E-state index contributed by atoms with van der Waals surface area (Å²) >= 11 is 0. The first-order chi connectivity index (χ1) is 8.98. The summed E-state index contributed by atoms with van der Waals surface area (Å²) in [5, 5.41) is 9.44. The van der Waals surface area contributed by atoms with Gasteiger partial charge in [-0.25, -0.2) is 4.79 Å². The second kappa shape index (κ2) is 5.39. The van der Waals surface area contributed by atoms with Crippen LogP contribution in [0.15, 0.2) is 0 Å². The summed E-state index contributed by atoms with van der Waals surface area (Å²) in [5.41, 5.74) is -0.737. The Morgan fingerprint density at radius 1 is 1.32 bits per heavy atom. The summed E-state index contributed by atoms with van der Waals surface area (Å²) in [6, 6.07) is 0.0307. The molecule has 0 radical (unpaired) electrons. The molecular weight excluding hydrogens is 244 g/mol. The Hall–Kier alpha value is -1.26. The summed E-state index contributed by atoms with van der Waals surface area (Å²) in [5.74, 6) is -0.202. The normalized spacial score (nSPS) is 31.6. The van der Waals surface area contributed by atoms with Crippen LogP contribution in [0.5, 0.6) is 0 Å². The SMILES string of the molecule is CCC1(C(=O)O)CCCN(C(=O)N2CCC(C)C2)C1. The molecule has 0 saturated carbocycles. The number of amides is 2. The Morgan fingerprint density at radius 2 is 2.05 bits per heavy atom. The van der Waals surface area contributed by atoms with E-state index >= 15 is 0 Å². The van der Waals surface area contributed by atoms with Crippen molar-refractivity contribution >= 4 is 12.0 Å². The lowest BCUT2D eigenvalue weighted by molar-refractivity contribution is -0.152. The van der Waals surface area contributed by atoms with Crippen LogP contribution in [-0.4, -0.2) is 53.1 Å². The second-order valence-electron chi connectivity index (χ2n) is 6.09. The third-order valence-electron chi connectivity index (χ3n) is 4.67. The minimum absolute atomic E-state index is 0.0307. The molecule has 2 fully saturated rings. The van der Waals surface area contributed by atoms with Crippen molar-refractivity contribution in [2.75, 3.05) is 26.2 Å². The van der Waals surface area contributed by atoms with Crippen LogP contribution >= 0.6 is 0 Å². The number of hydrogen-bond acceptors (Lipinski definition) is 2. The zero-order valence-corrected chi connectivity index (χ0v) is 11.9. The molecule has 2 heterocycles. The first-order valence-corrected chi connectivity index (χ1v) is 7.26. The quantitative estimate of drug-likeness (QED) is 0.833. The fraction of sp³-hybridized carbons (Fsp3) is 0.857.